The fraction of sp³-hybridized carbons (Fsp3) is 0.250. The highest BCUT2D eigenvalue weighted by molar-refractivity contribution is 7.10. The van der Waals surface area contributed by atoms with Crippen LogP contribution in [-0.2, 0) is 24.1 Å². The number of carbonyl (C=O) groups excluding carboxylic acids is 1. The van der Waals surface area contributed by atoms with E-state index in [1.807, 2.05) is 30.3 Å². The number of carbonyl (C=O) groups is 1. The third-order valence-electron chi connectivity index (χ3n) is 4.05. The van der Waals surface area contributed by atoms with E-state index in [-0.39, 0.29) is 0 Å². The Morgan fingerprint density at radius 2 is 2.00 bits per heavy atom. The second-order valence-electron chi connectivity index (χ2n) is 5.61. The van der Waals surface area contributed by atoms with E-state index in [1.54, 1.807) is 11.3 Å². The number of benzene rings is 1. The van der Waals surface area contributed by atoms with Crippen LogP contribution in [0.1, 0.15) is 34.9 Å². The molecule has 112 valence electrons. The van der Waals surface area contributed by atoms with Crippen LogP contribution in [0.25, 0.3) is 5.57 Å². The van der Waals surface area contributed by atoms with E-state index in [2.05, 4.69) is 30.5 Å². The summed E-state index contributed by atoms with van der Waals surface area (Å²) in [6.07, 6.45) is 9.59. The molecule has 1 aromatic heterocycles. The Morgan fingerprint density at radius 1 is 1.18 bits per heavy atom. The van der Waals surface area contributed by atoms with Crippen LogP contribution in [0.15, 0.2) is 53.9 Å². The van der Waals surface area contributed by atoms with Gasteiger partial charge in [0.05, 0.1) is 0 Å². The summed E-state index contributed by atoms with van der Waals surface area (Å²) in [5.74, 6) is 0.299. The van der Waals surface area contributed by atoms with Gasteiger partial charge in [0, 0.05) is 17.7 Å². The molecule has 3 rings (SSSR count). The van der Waals surface area contributed by atoms with Crippen molar-refractivity contribution in [3.63, 3.8) is 0 Å². The van der Waals surface area contributed by atoms with Gasteiger partial charge in [0.15, 0.2) is 0 Å². The van der Waals surface area contributed by atoms with Gasteiger partial charge in [-0.15, -0.1) is 11.3 Å². The molecule has 0 N–H and O–H groups in total. The number of hydrogen-bond donors (Lipinski definition) is 0. The van der Waals surface area contributed by atoms with Crippen molar-refractivity contribution in [3.05, 3.63) is 75.5 Å². The molecule has 1 heterocycles. The second kappa shape index (κ2) is 6.89. The van der Waals surface area contributed by atoms with Gasteiger partial charge in [0.1, 0.15) is 5.78 Å². The van der Waals surface area contributed by atoms with Crippen LogP contribution in [0.4, 0.5) is 0 Å². The minimum absolute atomic E-state index is 0.299. The van der Waals surface area contributed by atoms with Gasteiger partial charge in [0.25, 0.3) is 0 Å². The first-order valence-electron chi connectivity index (χ1n) is 7.79. The summed E-state index contributed by atoms with van der Waals surface area (Å²) in [7, 11) is 0. The van der Waals surface area contributed by atoms with Crippen molar-refractivity contribution in [1.82, 2.24) is 0 Å². The summed E-state index contributed by atoms with van der Waals surface area (Å²) in [6, 6.07) is 10.0. The Kier molecular flexibility index (Phi) is 4.69. The Hall–Kier alpha value is -1.93. The number of thiophene rings is 1. The highest BCUT2D eigenvalue weighted by Gasteiger charge is 2.16. The van der Waals surface area contributed by atoms with Crippen molar-refractivity contribution >= 4 is 22.7 Å². The fourth-order valence-electron chi connectivity index (χ4n) is 2.94. The third-order valence-corrected chi connectivity index (χ3v) is 5.08. The van der Waals surface area contributed by atoms with Gasteiger partial charge in [-0.05, 0) is 40.5 Å². The fourth-order valence-corrected chi connectivity index (χ4v) is 4.13. The largest absolute Gasteiger partial charge is 0.299 e. The molecule has 0 unspecified atom stereocenters. The van der Waals surface area contributed by atoms with Gasteiger partial charge in [0.2, 0.25) is 0 Å². The summed E-state index contributed by atoms with van der Waals surface area (Å²) in [4.78, 5) is 13.6. The highest BCUT2D eigenvalue weighted by Crippen LogP contribution is 2.33. The second-order valence-corrected chi connectivity index (χ2v) is 6.57. The first-order chi connectivity index (χ1) is 10.8. The molecule has 2 heteroatoms. The van der Waals surface area contributed by atoms with Crippen LogP contribution < -0.4 is 0 Å². The topological polar surface area (TPSA) is 17.1 Å². The maximum Gasteiger partial charge on any atom is 0.142 e. The number of rotatable bonds is 6. The third kappa shape index (κ3) is 3.28. The van der Waals surface area contributed by atoms with Gasteiger partial charge in [-0.1, -0.05) is 55.5 Å². The number of Topliss-reactive ketones (excluding diaryl/α,β-unsaturated/α-hetero) is 1. The zero-order valence-corrected chi connectivity index (χ0v) is 13.7. The van der Waals surface area contributed by atoms with Crippen molar-refractivity contribution in [2.75, 3.05) is 0 Å². The zero-order chi connectivity index (χ0) is 15.4. The van der Waals surface area contributed by atoms with Crippen molar-refractivity contribution < 1.29 is 4.79 Å². The lowest BCUT2D eigenvalue weighted by Gasteiger charge is -2.06. The van der Waals surface area contributed by atoms with Crippen molar-refractivity contribution in [3.8, 4) is 0 Å². The lowest BCUT2D eigenvalue weighted by Crippen LogP contribution is -2.07. The van der Waals surface area contributed by atoms with Crippen LogP contribution >= 0.6 is 11.3 Å². The average molecular weight is 308 g/mol. The molecule has 0 bridgehead atoms. The summed E-state index contributed by atoms with van der Waals surface area (Å²) in [5.41, 5.74) is 5.20. The number of ketones is 1. The molecule has 1 aromatic carbocycles. The molecular weight excluding hydrogens is 288 g/mol. The quantitative estimate of drug-likeness (QED) is 0.733. The minimum atomic E-state index is 0.299. The van der Waals surface area contributed by atoms with E-state index >= 15 is 0 Å². The van der Waals surface area contributed by atoms with Crippen LogP contribution in [0.5, 0.6) is 0 Å². The molecule has 0 amide bonds. The lowest BCUT2D eigenvalue weighted by atomic mass is 9.98. The Balaban J connectivity index is 1.74. The molecule has 0 fully saturated rings. The average Bonchev–Trinajstić information content (AvgIpc) is 3.17. The molecule has 0 aliphatic heterocycles. The highest BCUT2D eigenvalue weighted by atomic mass is 32.1. The summed E-state index contributed by atoms with van der Waals surface area (Å²) >= 11 is 1.74. The van der Waals surface area contributed by atoms with Crippen LogP contribution in [-0.4, -0.2) is 5.78 Å². The van der Waals surface area contributed by atoms with Crippen molar-refractivity contribution in [2.45, 2.75) is 32.6 Å². The molecule has 0 spiro atoms. The van der Waals surface area contributed by atoms with Crippen molar-refractivity contribution in [2.24, 2.45) is 0 Å². The molecule has 1 aliphatic carbocycles. The predicted octanol–water partition coefficient (Wildman–Crippen LogP) is 5.01. The van der Waals surface area contributed by atoms with E-state index in [4.69, 9.17) is 0 Å². The first-order valence-corrected chi connectivity index (χ1v) is 8.66. The van der Waals surface area contributed by atoms with E-state index < -0.39 is 0 Å². The molecule has 1 aliphatic rings. The summed E-state index contributed by atoms with van der Waals surface area (Å²) in [5, 5.41) is 2.22. The van der Waals surface area contributed by atoms with E-state index in [1.165, 1.54) is 21.6 Å². The molecule has 0 atom stereocenters. The Labute approximate surface area is 136 Å². The van der Waals surface area contributed by atoms with Gasteiger partial charge < -0.3 is 0 Å². The molecule has 1 nitrogen and oxygen atoms in total. The lowest BCUT2D eigenvalue weighted by molar-refractivity contribution is -0.117. The monoisotopic (exact) mass is 308 g/mol. The van der Waals surface area contributed by atoms with Crippen LogP contribution in [0, 0.1) is 0 Å². The summed E-state index contributed by atoms with van der Waals surface area (Å²) < 4.78 is 0. The standard InChI is InChI=1S/C20H20OS/c1-2-18-19(16-10-6-7-11-16)14-22-20(18)13-17(21)12-15-8-4-3-5-9-15/h3-10,14H,2,11-13H2,1H3. The maximum atomic E-state index is 12.4. The predicted molar refractivity (Wildman–Crippen MR) is 94.3 cm³/mol. The van der Waals surface area contributed by atoms with Crippen LogP contribution in [0.3, 0.4) is 0 Å². The van der Waals surface area contributed by atoms with E-state index in [0.29, 0.717) is 18.6 Å². The summed E-state index contributed by atoms with van der Waals surface area (Å²) in [6.45, 7) is 2.18. The normalized spacial score (nSPS) is 13.4. The van der Waals surface area contributed by atoms with Gasteiger partial charge >= 0.3 is 0 Å². The van der Waals surface area contributed by atoms with Crippen molar-refractivity contribution in [1.29, 1.82) is 0 Å². The molecule has 0 saturated carbocycles. The Morgan fingerprint density at radius 3 is 2.68 bits per heavy atom. The zero-order valence-electron chi connectivity index (χ0n) is 12.8. The van der Waals surface area contributed by atoms with Gasteiger partial charge in [-0.3, -0.25) is 4.79 Å². The number of hydrogen-bond acceptors (Lipinski definition) is 2. The maximum absolute atomic E-state index is 12.4. The number of allylic oxidation sites excluding steroid dienone is 4. The van der Waals surface area contributed by atoms with Crippen LogP contribution in [0.2, 0.25) is 0 Å². The molecule has 0 radical (unpaired) electrons. The minimum Gasteiger partial charge on any atom is -0.299 e. The smallest absolute Gasteiger partial charge is 0.142 e. The Bertz CT molecular complexity index is 719. The SMILES string of the molecule is CCc1c(C2=CC=CC2)csc1CC(=O)Cc1ccccc1. The van der Waals surface area contributed by atoms with E-state index in [9.17, 15) is 4.79 Å². The molecule has 0 saturated heterocycles. The van der Waals surface area contributed by atoms with E-state index in [0.717, 1.165) is 18.4 Å². The van der Waals surface area contributed by atoms with Gasteiger partial charge in [-0.25, -0.2) is 0 Å². The molecular formula is C20H20OS. The van der Waals surface area contributed by atoms with Gasteiger partial charge in [-0.2, -0.15) is 0 Å². The first kappa shape index (κ1) is 15.0. The molecule has 2 aromatic rings. The molecule has 22 heavy (non-hydrogen) atoms.